The van der Waals surface area contributed by atoms with Crippen molar-refractivity contribution in [3.8, 4) is 0 Å². The zero-order valence-electron chi connectivity index (χ0n) is 12.4. The van der Waals surface area contributed by atoms with E-state index in [1.54, 1.807) is 0 Å². The van der Waals surface area contributed by atoms with Crippen molar-refractivity contribution in [1.82, 2.24) is 0 Å². The highest BCUT2D eigenvalue weighted by Gasteiger charge is 2.40. The van der Waals surface area contributed by atoms with Crippen LogP contribution in [-0.4, -0.2) is 20.7 Å². The highest BCUT2D eigenvalue weighted by atomic mass is 28.4. The summed E-state index contributed by atoms with van der Waals surface area (Å²) in [7, 11) is -1.83. The molecule has 2 nitrogen and oxygen atoms in total. The Balaban J connectivity index is 4.99. The molecule has 0 spiro atoms. The SMILES string of the molecule is C=C[C@H](C)[C@@H](O[Si](C)(C)C(C)(C)C)[C@H](C)C=O. The lowest BCUT2D eigenvalue weighted by Gasteiger charge is -2.41. The van der Waals surface area contributed by atoms with Crippen LogP contribution < -0.4 is 0 Å². The molecule has 0 N–H and O–H groups in total. The first-order chi connectivity index (χ1) is 7.56. The molecule has 0 aromatic carbocycles. The number of carbonyl (C=O) groups is 1. The summed E-state index contributed by atoms with van der Waals surface area (Å²) in [6.45, 7) is 18.8. The normalized spacial score (nSPS) is 18.3. The lowest BCUT2D eigenvalue weighted by molar-refractivity contribution is -0.113. The van der Waals surface area contributed by atoms with Gasteiger partial charge in [0.15, 0.2) is 8.32 Å². The van der Waals surface area contributed by atoms with Crippen molar-refractivity contribution in [3.63, 3.8) is 0 Å². The summed E-state index contributed by atoms with van der Waals surface area (Å²) in [6.07, 6.45) is 2.81. The van der Waals surface area contributed by atoms with Crippen molar-refractivity contribution < 1.29 is 9.22 Å². The molecular formula is C14H28O2Si. The largest absolute Gasteiger partial charge is 0.413 e. The third-order valence-corrected chi connectivity index (χ3v) is 8.33. The fourth-order valence-electron chi connectivity index (χ4n) is 1.42. The summed E-state index contributed by atoms with van der Waals surface area (Å²) in [5, 5.41) is 0.161. The van der Waals surface area contributed by atoms with E-state index in [2.05, 4.69) is 47.4 Å². The van der Waals surface area contributed by atoms with E-state index in [0.29, 0.717) is 0 Å². The molecule has 0 aliphatic carbocycles. The van der Waals surface area contributed by atoms with Gasteiger partial charge in [-0.15, -0.1) is 6.58 Å². The summed E-state index contributed by atoms with van der Waals surface area (Å²) in [4.78, 5) is 11.0. The maximum Gasteiger partial charge on any atom is 0.192 e. The second-order valence-corrected chi connectivity index (χ2v) is 11.2. The van der Waals surface area contributed by atoms with Gasteiger partial charge in [0, 0.05) is 5.92 Å². The fraction of sp³-hybridized carbons (Fsp3) is 0.786. The van der Waals surface area contributed by atoms with Gasteiger partial charge >= 0.3 is 0 Å². The number of aldehydes is 1. The third kappa shape index (κ3) is 4.40. The highest BCUT2D eigenvalue weighted by Crippen LogP contribution is 2.39. The molecular weight excluding hydrogens is 228 g/mol. The van der Waals surface area contributed by atoms with E-state index in [-0.39, 0.29) is 23.0 Å². The minimum absolute atomic E-state index is 0.0501. The Morgan fingerprint density at radius 1 is 1.18 bits per heavy atom. The average molecular weight is 256 g/mol. The van der Waals surface area contributed by atoms with Crippen LogP contribution in [0.3, 0.4) is 0 Å². The maximum atomic E-state index is 11.0. The first kappa shape index (κ1) is 16.6. The molecule has 0 saturated heterocycles. The van der Waals surface area contributed by atoms with E-state index < -0.39 is 8.32 Å². The van der Waals surface area contributed by atoms with Crippen LogP contribution in [0.15, 0.2) is 12.7 Å². The van der Waals surface area contributed by atoms with Crippen molar-refractivity contribution in [3.05, 3.63) is 12.7 Å². The van der Waals surface area contributed by atoms with Crippen molar-refractivity contribution >= 4 is 14.6 Å². The van der Waals surface area contributed by atoms with Crippen molar-refractivity contribution in [1.29, 1.82) is 0 Å². The van der Waals surface area contributed by atoms with Gasteiger partial charge in [-0.05, 0) is 24.1 Å². The number of rotatable bonds is 6. The van der Waals surface area contributed by atoms with Crippen LogP contribution in [0.2, 0.25) is 18.1 Å². The highest BCUT2D eigenvalue weighted by molar-refractivity contribution is 6.74. The molecule has 0 fully saturated rings. The fourth-order valence-corrected chi connectivity index (χ4v) is 2.89. The van der Waals surface area contributed by atoms with E-state index >= 15 is 0 Å². The Morgan fingerprint density at radius 3 is 1.94 bits per heavy atom. The van der Waals surface area contributed by atoms with Gasteiger partial charge in [0.05, 0.1) is 6.10 Å². The lowest BCUT2D eigenvalue weighted by Crippen LogP contribution is -2.47. The van der Waals surface area contributed by atoms with Gasteiger partial charge in [-0.1, -0.05) is 40.7 Å². The van der Waals surface area contributed by atoms with E-state index in [4.69, 9.17) is 4.43 Å². The molecule has 3 heteroatoms. The van der Waals surface area contributed by atoms with Gasteiger partial charge < -0.3 is 9.22 Å². The standard InChI is InChI=1S/C14H28O2Si/c1-9-11(2)13(12(3)10-15)16-17(7,8)14(4,5)6/h9-13H,1H2,2-8H3/t11-,12+,13+/m0/s1. The van der Waals surface area contributed by atoms with Crippen molar-refractivity contribution in [2.24, 2.45) is 11.8 Å². The zero-order valence-corrected chi connectivity index (χ0v) is 13.4. The summed E-state index contributed by atoms with van der Waals surface area (Å²) in [6, 6.07) is 0. The van der Waals surface area contributed by atoms with Gasteiger partial charge in [0.25, 0.3) is 0 Å². The van der Waals surface area contributed by atoms with E-state index in [9.17, 15) is 4.79 Å². The Hall–Kier alpha value is -0.413. The van der Waals surface area contributed by atoms with Crippen LogP contribution in [0.25, 0.3) is 0 Å². The van der Waals surface area contributed by atoms with E-state index in [1.165, 1.54) is 0 Å². The Morgan fingerprint density at radius 2 is 1.65 bits per heavy atom. The maximum absolute atomic E-state index is 11.0. The topological polar surface area (TPSA) is 26.3 Å². The minimum Gasteiger partial charge on any atom is -0.413 e. The second-order valence-electron chi connectivity index (χ2n) is 6.43. The van der Waals surface area contributed by atoms with Gasteiger partial charge in [0.1, 0.15) is 6.29 Å². The predicted molar refractivity (Wildman–Crippen MR) is 76.7 cm³/mol. The molecule has 100 valence electrons. The average Bonchev–Trinajstić information content (AvgIpc) is 2.22. The molecule has 0 heterocycles. The zero-order chi connectivity index (χ0) is 13.9. The van der Waals surface area contributed by atoms with Gasteiger partial charge in [-0.2, -0.15) is 0 Å². The van der Waals surface area contributed by atoms with Crippen molar-refractivity contribution in [2.45, 2.75) is 58.9 Å². The lowest BCUT2D eigenvalue weighted by atomic mass is 9.95. The molecule has 0 aromatic rings. The minimum atomic E-state index is -1.83. The first-order valence-corrected chi connectivity index (χ1v) is 9.23. The van der Waals surface area contributed by atoms with Gasteiger partial charge in [-0.25, -0.2) is 0 Å². The molecule has 0 amide bonds. The molecule has 0 radical (unpaired) electrons. The van der Waals surface area contributed by atoms with Crippen molar-refractivity contribution in [2.75, 3.05) is 0 Å². The Labute approximate surface area is 108 Å². The monoisotopic (exact) mass is 256 g/mol. The summed E-state index contributed by atoms with van der Waals surface area (Å²) < 4.78 is 6.34. The molecule has 0 aliphatic rings. The summed E-state index contributed by atoms with van der Waals surface area (Å²) in [5.41, 5.74) is 0. The smallest absolute Gasteiger partial charge is 0.192 e. The predicted octanol–water partition coefficient (Wildman–Crippen LogP) is 4.03. The molecule has 0 rings (SSSR count). The molecule has 3 atom stereocenters. The second kappa shape index (κ2) is 5.96. The first-order valence-electron chi connectivity index (χ1n) is 6.32. The van der Waals surface area contributed by atoms with Gasteiger partial charge in [0.2, 0.25) is 0 Å². The number of hydrogen-bond acceptors (Lipinski definition) is 2. The third-order valence-electron chi connectivity index (χ3n) is 3.86. The Bertz CT molecular complexity index is 252. The van der Waals surface area contributed by atoms with Gasteiger partial charge in [-0.3, -0.25) is 0 Å². The quantitative estimate of drug-likeness (QED) is 0.407. The van der Waals surface area contributed by atoms with Crippen LogP contribution in [0.4, 0.5) is 0 Å². The molecule has 0 bridgehead atoms. The van der Waals surface area contributed by atoms with Crippen LogP contribution in [0.5, 0.6) is 0 Å². The molecule has 0 aromatic heterocycles. The summed E-state index contributed by atoms with van der Waals surface area (Å²) in [5.74, 6) is 0.112. The molecule has 0 saturated carbocycles. The Kier molecular flexibility index (Phi) is 5.82. The summed E-state index contributed by atoms with van der Waals surface area (Å²) >= 11 is 0. The molecule has 0 unspecified atom stereocenters. The number of carbonyl (C=O) groups excluding carboxylic acids is 1. The van der Waals surface area contributed by atoms with E-state index in [0.717, 1.165) is 6.29 Å². The van der Waals surface area contributed by atoms with Crippen LogP contribution >= 0.6 is 0 Å². The van der Waals surface area contributed by atoms with Crippen LogP contribution in [0, 0.1) is 11.8 Å². The molecule has 17 heavy (non-hydrogen) atoms. The van der Waals surface area contributed by atoms with Crippen LogP contribution in [0.1, 0.15) is 34.6 Å². The molecule has 0 aliphatic heterocycles. The van der Waals surface area contributed by atoms with E-state index in [1.807, 2.05) is 13.0 Å². The number of hydrogen-bond donors (Lipinski definition) is 0. The van der Waals surface area contributed by atoms with Crippen LogP contribution in [-0.2, 0) is 9.22 Å².